The fourth-order valence-electron chi connectivity index (χ4n) is 3.62. The van der Waals surface area contributed by atoms with Crippen molar-refractivity contribution in [2.75, 3.05) is 5.43 Å². The number of nitrogens with one attached hydrogen (secondary N) is 2. The molecular weight excluding hydrogens is 544 g/mol. The Labute approximate surface area is 229 Å². The predicted molar refractivity (Wildman–Crippen MR) is 146 cm³/mol. The first-order valence-electron chi connectivity index (χ1n) is 11.7. The third kappa shape index (κ3) is 6.62. The van der Waals surface area contributed by atoms with Crippen LogP contribution in [0.2, 0.25) is 5.02 Å². The summed E-state index contributed by atoms with van der Waals surface area (Å²) in [5.41, 5.74) is 1.80. The van der Waals surface area contributed by atoms with Crippen LogP contribution in [0.3, 0.4) is 0 Å². The molecule has 202 valence electrons. The van der Waals surface area contributed by atoms with E-state index in [1.54, 1.807) is 57.2 Å². The van der Waals surface area contributed by atoms with Gasteiger partial charge in [0.1, 0.15) is 5.75 Å². The van der Waals surface area contributed by atoms with E-state index >= 15 is 0 Å². The molecule has 39 heavy (non-hydrogen) atoms. The molecule has 1 aromatic heterocycles. The number of sulfone groups is 1. The average molecular weight is 569 g/mol. The molecule has 2 amide bonds. The summed E-state index contributed by atoms with van der Waals surface area (Å²) in [6.07, 6.45) is -0.781. The Hall–Kier alpha value is -4.22. The SMILES string of the molecule is CC(C)(C)NC(=O)Oc1ccc(S(=O)(=O)c2nn(NC(=O)Cc3ccc(Cl)cc3)c(=O)c3ccccc23)cc1. The van der Waals surface area contributed by atoms with Gasteiger partial charge in [0.15, 0.2) is 5.03 Å². The third-order valence-corrected chi connectivity index (χ3v) is 7.31. The number of nitrogens with zero attached hydrogens (tertiary/aromatic N) is 2. The molecule has 0 aliphatic heterocycles. The van der Waals surface area contributed by atoms with Crippen molar-refractivity contribution >= 4 is 44.2 Å². The lowest BCUT2D eigenvalue weighted by Gasteiger charge is -2.19. The van der Waals surface area contributed by atoms with E-state index in [1.165, 1.54) is 36.4 Å². The number of hydrogen-bond acceptors (Lipinski definition) is 7. The van der Waals surface area contributed by atoms with Crippen LogP contribution in [0.4, 0.5) is 4.79 Å². The summed E-state index contributed by atoms with van der Waals surface area (Å²) in [5, 5.41) is 6.89. The van der Waals surface area contributed by atoms with Crippen LogP contribution in [-0.4, -0.2) is 35.8 Å². The zero-order valence-electron chi connectivity index (χ0n) is 21.3. The molecule has 4 rings (SSSR count). The summed E-state index contributed by atoms with van der Waals surface area (Å²) in [6, 6.07) is 17.8. The van der Waals surface area contributed by atoms with Crippen LogP contribution >= 0.6 is 11.6 Å². The Morgan fingerprint density at radius 1 is 0.949 bits per heavy atom. The van der Waals surface area contributed by atoms with Crippen LogP contribution in [0, 0.1) is 0 Å². The normalized spacial score (nSPS) is 11.7. The fraction of sp³-hybridized carbons (Fsp3) is 0.185. The van der Waals surface area contributed by atoms with Crippen LogP contribution < -0.4 is 21.0 Å². The number of ether oxygens (including phenoxy) is 1. The summed E-state index contributed by atoms with van der Waals surface area (Å²) in [6.45, 7) is 5.38. The van der Waals surface area contributed by atoms with Crippen molar-refractivity contribution in [3.8, 4) is 5.75 Å². The number of amides is 2. The Kier molecular flexibility index (Phi) is 7.75. The topological polar surface area (TPSA) is 136 Å². The second kappa shape index (κ2) is 10.9. The molecule has 0 saturated carbocycles. The van der Waals surface area contributed by atoms with Gasteiger partial charge in [0, 0.05) is 15.9 Å². The minimum Gasteiger partial charge on any atom is -0.410 e. The van der Waals surface area contributed by atoms with Crippen molar-refractivity contribution < 1.29 is 22.7 Å². The van der Waals surface area contributed by atoms with Crippen molar-refractivity contribution in [1.82, 2.24) is 15.2 Å². The fourth-order valence-corrected chi connectivity index (χ4v) is 5.12. The van der Waals surface area contributed by atoms with Gasteiger partial charge in [-0.25, -0.2) is 18.6 Å². The summed E-state index contributed by atoms with van der Waals surface area (Å²) in [5.74, 6) is -0.450. The van der Waals surface area contributed by atoms with Gasteiger partial charge in [0.25, 0.3) is 5.56 Å². The molecule has 12 heteroatoms. The number of aromatic nitrogens is 2. The van der Waals surface area contributed by atoms with E-state index in [4.69, 9.17) is 16.3 Å². The standard InChI is InChI=1S/C27H25ClN4O6S/c1-27(2,3)29-26(35)38-19-12-14-20(15-13-19)39(36,37)24-21-6-4-5-7-22(21)25(34)32(31-24)30-23(33)16-17-8-10-18(28)11-9-17/h4-15H,16H2,1-3H3,(H,29,35)(H,30,33). The van der Waals surface area contributed by atoms with Gasteiger partial charge in [-0.2, -0.15) is 0 Å². The monoisotopic (exact) mass is 568 g/mol. The highest BCUT2D eigenvalue weighted by molar-refractivity contribution is 7.91. The van der Waals surface area contributed by atoms with E-state index in [9.17, 15) is 22.8 Å². The lowest BCUT2D eigenvalue weighted by Crippen LogP contribution is -2.42. The highest BCUT2D eigenvalue weighted by Gasteiger charge is 2.26. The molecule has 3 aromatic carbocycles. The number of hydrogen-bond donors (Lipinski definition) is 2. The molecule has 1 heterocycles. The quantitative estimate of drug-likeness (QED) is 0.357. The Morgan fingerprint density at radius 2 is 1.56 bits per heavy atom. The van der Waals surface area contributed by atoms with Gasteiger partial charge in [0.2, 0.25) is 15.7 Å². The van der Waals surface area contributed by atoms with E-state index in [1.807, 2.05) is 0 Å². The molecule has 0 fully saturated rings. The van der Waals surface area contributed by atoms with Gasteiger partial charge in [-0.1, -0.05) is 41.9 Å². The number of carbonyl (C=O) groups excluding carboxylic acids is 2. The van der Waals surface area contributed by atoms with Crippen molar-refractivity contribution in [3.05, 3.63) is 93.7 Å². The van der Waals surface area contributed by atoms with Crippen molar-refractivity contribution in [3.63, 3.8) is 0 Å². The maximum atomic E-state index is 13.6. The van der Waals surface area contributed by atoms with Gasteiger partial charge in [-0.3, -0.25) is 9.59 Å². The first-order chi connectivity index (χ1) is 18.3. The molecule has 0 saturated heterocycles. The van der Waals surface area contributed by atoms with Gasteiger partial charge in [-0.05, 0) is 68.8 Å². The second-order valence-corrected chi connectivity index (χ2v) is 11.9. The zero-order chi connectivity index (χ0) is 28.4. The summed E-state index contributed by atoms with van der Waals surface area (Å²) >= 11 is 5.88. The molecule has 0 aliphatic carbocycles. The molecule has 0 spiro atoms. The summed E-state index contributed by atoms with van der Waals surface area (Å²) in [4.78, 5) is 38.2. The summed E-state index contributed by atoms with van der Waals surface area (Å²) in [7, 11) is -4.27. The van der Waals surface area contributed by atoms with Crippen molar-refractivity contribution in [1.29, 1.82) is 0 Å². The van der Waals surface area contributed by atoms with E-state index in [2.05, 4.69) is 15.8 Å². The van der Waals surface area contributed by atoms with Crippen LogP contribution in [0.25, 0.3) is 10.8 Å². The van der Waals surface area contributed by atoms with Gasteiger partial charge in [-0.15, -0.1) is 9.89 Å². The van der Waals surface area contributed by atoms with Crippen LogP contribution in [0.15, 0.2) is 87.5 Å². The number of carbonyl (C=O) groups is 2. The second-order valence-electron chi connectivity index (χ2n) is 9.65. The number of rotatable bonds is 6. The molecule has 0 aliphatic rings. The number of halogens is 1. The zero-order valence-corrected chi connectivity index (χ0v) is 22.8. The minimum atomic E-state index is -4.27. The predicted octanol–water partition coefficient (Wildman–Crippen LogP) is 4.08. The lowest BCUT2D eigenvalue weighted by molar-refractivity contribution is -0.116. The molecular formula is C27H25ClN4O6S. The van der Waals surface area contributed by atoms with Gasteiger partial charge < -0.3 is 10.1 Å². The minimum absolute atomic E-state index is 0.0525. The van der Waals surface area contributed by atoms with Crippen molar-refractivity contribution in [2.24, 2.45) is 0 Å². The number of fused-ring (bicyclic) bond motifs is 1. The smallest absolute Gasteiger partial charge is 0.410 e. The Morgan fingerprint density at radius 3 is 2.18 bits per heavy atom. The summed E-state index contributed by atoms with van der Waals surface area (Å²) < 4.78 is 32.4. The maximum absolute atomic E-state index is 13.6. The van der Waals surface area contributed by atoms with E-state index < -0.39 is 38.0 Å². The van der Waals surface area contributed by atoms with Gasteiger partial charge >= 0.3 is 6.09 Å². The number of benzene rings is 3. The molecule has 4 aromatic rings. The van der Waals surface area contributed by atoms with E-state index in [-0.39, 0.29) is 27.8 Å². The largest absolute Gasteiger partial charge is 0.413 e. The van der Waals surface area contributed by atoms with Crippen molar-refractivity contribution in [2.45, 2.75) is 42.7 Å². The molecule has 2 N–H and O–H groups in total. The highest BCUT2D eigenvalue weighted by atomic mass is 35.5. The first-order valence-corrected chi connectivity index (χ1v) is 13.6. The van der Waals surface area contributed by atoms with Crippen LogP contribution in [0.5, 0.6) is 5.75 Å². The molecule has 0 unspecified atom stereocenters. The highest BCUT2D eigenvalue weighted by Crippen LogP contribution is 2.26. The van der Waals surface area contributed by atoms with Gasteiger partial charge in [0.05, 0.1) is 16.7 Å². The Balaban J connectivity index is 1.66. The molecule has 0 radical (unpaired) electrons. The maximum Gasteiger partial charge on any atom is 0.413 e. The van der Waals surface area contributed by atoms with E-state index in [0.717, 1.165) is 0 Å². The Bertz CT molecular complexity index is 1710. The first kappa shape index (κ1) is 27.8. The molecule has 10 nitrogen and oxygen atoms in total. The van der Waals surface area contributed by atoms with Crippen LogP contribution in [0.1, 0.15) is 26.3 Å². The molecule has 0 bridgehead atoms. The lowest BCUT2D eigenvalue weighted by atomic mass is 10.1. The third-order valence-electron chi connectivity index (χ3n) is 5.36. The van der Waals surface area contributed by atoms with Crippen LogP contribution in [-0.2, 0) is 21.1 Å². The molecule has 0 atom stereocenters. The average Bonchev–Trinajstić information content (AvgIpc) is 2.86. The van der Waals surface area contributed by atoms with E-state index in [0.29, 0.717) is 15.4 Å².